The number of nitrogens with zero attached hydrogens (tertiary/aromatic N) is 2. The number of imidazole rings is 1. The van der Waals surface area contributed by atoms with Crippen LogP contribution in [0.15, 0.2) is 12.3 Å². The minimum atomic E-state index is -0.163. The fraction of sp³-hybridized carbons (Fsp3) is 0.385. The number of hydrogen-bond acceptors (Lipinski definition) is 3. The summed E-state index contributed by atoms with van der Waals surface area (Å²) in [6, 6.07) is 1.71. The van der Waals surface area contributed by atoms with Crippen LogP contribution in [0.4, 0.5) is 0 Å². The average Bonchev–Trinajstić information content (AvgIpc) is 2.90. The van der Waals surface area contributed by atoms with E-state index in [0.717, 1.165) is 30.9 Å². The molecule has 0 spiro atoms. The van der Waals surface area contributed by atoms with E-state index >= 15 is 0 Å². The molecule has 3 rings (SSSR count). The normalized spacial score (nSPS) is 17.9. The number of thiophene rings is 1. The van der Waals surface area contributed by atoms with Gasteiger partial charge < -0.3 is 9.88 Å². The van der Waals surface area contributed by atoms with Crippen LogP contribution in [0.1, 0.15) is 28.3 Å². The molecular formula is C13H13Cl2N3OS. The standard InChI is InChI=1S/C13H13Cl2N3OS/c1-7-5-18-6-8(2-3-11(18)16-7)17-13(19)9-4-10(14)20-12(9)15/h4-5,8H,2-3,6H2,1H3,(H,17,19)/t8-/m0/s1. The fourth-order valence-corrected chi connectivity index (χ4v) is 3.92. The van der Waals surface area contributed by atoms with Gasteiger partial charge in [0, 0.05) is 25.2 Å². The van der Waals surface area contributed by atoms with Gasteiger partial charge in [0.15, 0.2) is 0 Å². The van der Waals surface area contributed by atoms with E-state index in [1.165, 1.54) is 11.3 Å². The lowest BCUT2D eigenvalue weighted by molar-refractivity contribution is 0.0928. The van der Waals surface area contributed by atoms with Gasteiger partial charge in [-0.25, -0.2) is 4.98 Å². The van der Waals surface area contributed by atoms with E-state index in [9.17, 15) is 4.79 Å². The van der Waals surface area contributed by atoms with Gasteiger partial charge >= 0.3 is 0 Å². The van der Waals surface area contributed by atoms with Crippen molar-refractivity contribution >= 4 is 40.4 Å². The molecule has 0 saturated carbocycles. The van der Waals surface area contributed by atoms with Crippen molar-refractivity contribution in [3.8, 4) is 0 Å². The Morgan fingerprint density at radius 3 is 3.05 bits per heavy atom. The first kappa shape index (κ1) is 13.9. The van der Waals surface area contributed by atoms with Crippen molar-refractivity contribution in [2.24, 2.45) is 0 Å². The third-order valence-corrected chi connectivity index (χ3v) is 4.84. The maximum absolute atomic E-state index is 12.2. The molecule has 0 radical (unpaired) electrons. The van der Waals surface area contributed by atoms with Crippen LogP contribution in [0.3, 0.4) is 0 Å². The van der Waals surface area contributed by atoms with Gasteiger partial charge in [-0.15, -0.1) is 11.3 Å². The van der Waals surface area contributed by atoms with Gasteiger partial charge in [0.1, 0.15) is 10.2 Å². The molecule has 2 aromatic heterocycles. The Bertz CT molecular complexity index is 665. The zero-order valence-corrected chi connectivity index (χ0v) is 13.1. The van der Waals surface area contributed by atoms with E-state index in [2.05, 4.69) is 14.9 Å². The topological polar surface area (TPSA) is 46.9 Å². The van der Waals surface area contributed by atoms with Crippen LogP contribution in [0, 0.1) is 6.92 Å². The van der Waals surface area contributed by atoms with Crippen LogP contribution in [0.25, 0.3) is 0 Å². The number of amides is 1. The van der Waals surface area contributed by atoms with Crippen LogP contribution < -0.4 is 5.32 Å². The van der Waals surface area contributed by atoms with Crippen molar-refractivity contribution in [3.05, 3.63) is 38.0 Å². The van der Waals surface area contributed by atoms with Gasteiger partial charge in [-0.3, -0.25) is 4.79 Å². The molecule has 1 aliphatic rings. The SMILES string of the molecule is Cc1cn2c(n1)CC[C@H](NC(=O)c1cc(Cl)sc1Cl)C2. The molecule has 1 atom stereocenters. The van der Waals surface area contributed by atoms with Gasteiger partial charge in [-0.2, -0.15) is 0 Å². The van der Waals surface area contributed by atoms with E-state index < -0.39 is 0 Å². The number of rotatable bonds is 2. The van der Waals surface area contributed by atoms with Gasteiger partial charge in [0.05, 0.1) is 15.6 Å². The highest BCUT2D eigenvalue weighted by Crippen LogP contribution is 2.31. The lowest BCUT2D eigenvalue weighted by Crippen LogP contribution is -2.40. The Balaban J connectivity index is 1.70. The number of hydrogen-bond donors (Lipinski definition) is 1. The summed E-state index contributed by atoms with van der Waals surface area (Å²) in [6.45, 7) is 2.73. The first-order valence-electron chi connectivity index (χ1n) is 6.31. The number of halogens is 2. The van der Waals surface area contributed by atoms with Gasteiger partial charge in [0.2, 0.25) is 0 Å². The molecule has 0 aromatic carbocycles. The van der Waals surface area contributed by atoms with Crippen molar-refractivity contribution in [1.82, 2.24) is 14.9 Å². The molecule has 2 aromatic rings. The molecule has 1 N–H and O–H groups in total. The lowest BCUT2D eigenvalue weighted by Gasteiger charge is -2.24. The summed E-state index contributed by atoms with van der Waals surface area (Å²) in [4.78, 5) is 16.6. The smallest absolute Gasteiger partial charge is 0.253 e. The second kappa shape index (κ2) is 5.39. The summed E-state index contributed by atoms with van der Waals surface area (Å²) in [5, 5.41) is 3.02. The van der Waals surface area contributed by atoms with Crippen LogP contribution in [0.5, 0.6) is 0 Å². The molecule has 3 heterocycles. The molecule has 0 saturated heterocycles. The number of carbonyl (C=O) groups excluding carboxylic acids is 1. The molecule has 1 amide bonds. The van der Waals surface area contributed by atoms with Crippen molar-refractivity contribution in [2.75, 3.05) is 0 Å². The van der Waals surface area contributed by atoms with Crippen LogP contribution in [0.2, 0.25) is 8.67 Å². The van der Waals surface area contributed by atoms with Gasteiger partial charge in [0.25, 0.3) is 5.91 Å². The Morgan fingerprint density at radius 1 is 1.55 bits per heavy atom. The van der Waals surface area contributed by atoms with Crippen LogP contribution >= 0.6 is 34.5 Å². The van der Waals surface area contributed by atoms with Crippen LogP contribution in [-0.2, 0) is 13.0 Å². The molecule has 0 bridgehead atoms. The van der Waals surface area contributed by atoms with Crippen molar-refractivity contribution in [1.29, 1.82) is 0 Å². The molecule has 7 heteroatoms. The molecule has 20 heavy (non-hydrogen) atoms. The summed E-state index contributed by atoms with van der Waals surface area (Å²) >= 11 is 13.1. The first-order valence-corrected chi connectivity index (χ1v) is 7.88. The quantitative estimate of drug-likeness (QED) is 0.918. The summed E-state index contributed by atoms with van der Waals surface area (Å²) in [5.41, 5.74) is 1.47. The summed E-state index contributed by atoms with van der Waals surface area (Å²) < 4.78 is 3.06. The predicted octanol–water partition coefficient (Wildman–Crippen LogP) is 3.30. The maximum atomic E-state index is 12.2. The second-order valence-corrected chi connectivity index (χ2v) is 7.18. The highest BCUT2D eigenvalue weighted by molar-refractivity contribution is 7.20. The maximum Gasteiger partial charge on any atom is 0.253 e. The second-order valence-electron chi connectivity index (χ2n) is 4.90. The zero-order valence-electron chi connectivity index (χ0n) is 10.8. The highest BCUT2D eigenvalue weighted by atomic mass is 35.5. The third-order valence-electron chi connectivity index (χ3n) is 3.35. The molecule has 0 aliphatic carbocycles. The van der Waals surface area contributed by atoms with E-state index in [4.69, 9.17) is 23.2 Å². The summed E-state index contributed by atoms with van der Waals surface area (Å²) in [7, 11) is 0. The minimum absolute atomic E-state index is 0.0957. The highest BCUT2D eigenvalue weighted by Gasteiger charge is 2.23. The lowest BCUT2D eigenvalue weighted by atomic mass is 10.1. The Hall–Kier alpha value is -1.04. The molecule has 4 nitrogen and oxygen atoms in total. The van der Waals surface area contributed by atoms with Crippen molar-refractivity contribution in [2.45, 2.75) is 32.4 Å². The fourth-order valence-electron chi connectivity index (χ4n) is 2.46. The summed E-state index contributed by atoms with van der Waals surface area (Å²) in [6.07, 6.45) is 3.77. The number of aromatic nitrogens is 2. The van der Waals surface area contributed by atoms with E-state index in [0.29, 0.717) is 14.2 Å². The number of aryl methyl sites for hydroxylation is 2. The van der Waals surface area contributed by atoms with Crippen molar-refractivity contribution < 1.29 is 4.79 Å². The van der Waals surface area contributed by atoms with E-state index in [1.807, 2.05) is 13.1 Å². The average molecular weight is 330 g/mol. The van der Waals surface area contributed by atoms with Gasteiger partial charge in [-0.05, 0) is 19.4 Å². The molecule has 1 aliphatic heterocycles. The molecular weight excluding hydrogens is 317 g/mol. The Labute approximate surface area is 130 Å². The number of fused-ring (bicyclic) bond motifs is 1. The largest absolute Gasteiger partial charge is 0.347 e. The number of carbonyl (C=O) groups is 1. The predicted molar refractivity (Wildman–Crippen MR) is 80.9 cm³/mol. The Kier molecular flexibility index (Phi) is 3.75. The monoisotopic (exact) mass is 329 g/mol. The van der Waals surface area contributed by atoms with Crippen LogP contribution in [-0.4, -0.2) is 21.5 Å². The minimum Gasteiger partial charge on any atom is -0.347 e. The summed E-state index contributed by atoms with van der Waals surface area (Å²) in [5.74, 6) is 0.924. The third kappa shape index (κ3) is 2.71. The Morgan fingerprint density at radius 2 is 2.35 bits per heavy atom. The van der Waals surface area contributed by atoms with Crippen molar-refractivity contribution in [3.63, 3.8) is 0 Å². The molecule has 0 fully saturated rings. The van der Waals surface area contributed by atoms with Gasteiger partial charge in [-0.1, -0.05) is 23.2 Å². The molecule has 0 unspecified atom stereocenters. The molecule has 106 valence electrons. The number of nitrogens with one attached hydrogen (secondary N) is 1. The zero-order chi connectivity index (χ0) is 14.3. The van der Waals surface area contributed by atoms with E-state index in [1.54, 1.807) is 6.07 Å². The van der Waals surface area contributed by atoms with E-state index in [-0.39, 0.29) is 11.9 Å². The first-order chi connectivity index (χ1) is 9.52.